The van der Waals surface area contributed by atoms with Crippen LogP contribution in [0, 0.1) is 51.2 Å². The Morgan fingerprint density at radius 3 is 2.36 bits per heavy atom. The van der Waals surface area contributed by atoms with Gasteiger partial charge in [-0.1, -0.05) is 66.2 Å². The molecule has 5 aliphatic carbocycles. The van der Waals surface area contributed by atoms with Crippen molar-refractivity contribution in [3.63, 3.8) is 0 Å². The highest BCUT2D eigenvalue weighted by atomic mass is 16.4. The van der Waals surface area contributed by atoms with Gasteiger partial charge in [-0.2, -0.15) is 0 Å². The van der Waals surface area contributed by atoms with Gasteiger partial charge in [0.1, 0.15) is 0 Å². The lowest BCUT2D eigenvalue weighted by Crippen LogP contribution is -2.64. The zero-order chi connectivity index (χ0) is 27.8. The van der Waals surface area contributed by atoms with Crippen LogP contribution >= 0.6 is 0 Å². The third-order valence-corrected chi connectivity index (χ3v) is 14.1. The molecule has 3 nitrogen and oxygen atoms in total. The second kappa shape index (κ2) is 9.47. The number of aromatic carboxylic acids is 1. The zero-order valence-electron chi connectivity index (χ0n) is 25.5. The van der Waals surface area contributed by atoms with E-state index in [0.717, 1.165) is 17.8 Å². The number of benzene rings is 1. The SMILES string of the molecule is CC(C)NCC12CCCC1C1CCC3C4(C)CC=C(c5ccc(C(=O)O)cc5)C(C)C4CCC3(C)[C@]1(C)CC2. The van der Waals surface area contributed by atoms with Crippen LogP contribution in [0.5, 0.6) is 0 Å². The van der Waals surface area contributed by atoms with E-state index in [9.17, 15) is 9.90 Å². The van der Waals surface area contributed by atoms with Gasteiger partial charge in [0.25, 0.3) is 0 Å². The Morgan fingerprint density at radius 2 is 1.67 bits per heavy atom. The molecule has 0 spiro atoms. The van der Waals surface area contributed by atoms with Crippen molar-refractivity contribution >= 4 is 11.5 Å². The van der Waals surface area contributed by atoms with Crippen LogP contribution in [0.25, 0.3) is 5.57 Å². The number of fused-ring (bicyclic) bond motifs is 7. The number of allylic oxidation sites excluding steroid dienone is 2. The Balaban J connectivity index is 1.29. The van der Waals surface area contributed by atoms with Gasteiger partial charge in [0.15, 0.2) is 0 Å². The van der Waals surface area contributed by atoms with Crippen LogP contribution in [0.3, 0.4) is 0 Å². The second-order valence-corrected chi connectivity index (χ2v) is 15.7. The Bertz CT molecular complexity index is 1140. The molecule has 0 radical (unpaired) electrons. The van der Waals surface area contributed by atoms with Crippen molar-refractivity contribution in [1.82, 2.24) is 5.32 Å². The fourth-order valence-electron chi connectivity index (χ4n) is 11.8. The fraction of sp³-hybridized carbons (Fsp3) is 0.750. The minimum Gasteiger partial charge on any atom is -0.478 e. The fourth-order valence-corrected chi connectivity index (χ4v) is 11.8. The molecule has 9 atom stereocenters. The van der Waals surface area contributed by atoms with Crippen LogP contribution in [-0.2, 0) is 0 Å². The minimum atomic E-state index is -0.843. The van der Waals surface area contributed by atoms with Crippen molar-refractivity contribution in [2.75, 3.05) is 6.54 Å². The van der Waals surface area contributed by atoms with Gasteiger partial charge in [-0.3, -0.25) is 0 Å². The molecule has 4 saturated carbocycles. The van der Waals surface area contributed by atoms with Gasteiger partial charge in [0.05, 0.1) is 5.56 Å². The smallest absolute Gasteiger partial charge is 0.335 e. The van der Waals surface area contributed by atoms with Gasteiger partial charge in [-0.25, -0.2) is 4.79 Å². The predicted molar refractivity (Wildman–Crippen MR) is 161 cm³/mol. The van der Waals surface area contributed by atoms with E-state index in [-0.39, 0.29) is 0 Å². The molecule has 0 aliphatic heterocycles. The predicted octanol–water partition coefficient (Wildman–Crippen LogP) is 8.84. The van der Waals surface area contributed by atoms with Gasteiger partial charge >= 0.3 is 5.97 Å². The van der Waals surface area contributed by atoms with Gasteiger partial charge < -0.3 is 10.4 Å². The molecular weight excluding hydrogens is 478 g/mol. The minimum absolute atomic E-state index is 0.355. The Kier molecular flexibility index (Phi) is 6.69. The van der Waals surface area contributed by atoms with Gasteiger partial charge in [-0.15, -0.1) is 0 Å². The molecule has 0 saturated heterocycles. The van der Waals surface area contributed by atoms with Crippen molar-refractivity contribution < 1.29 is 9.90 Å². The standard InChI is InChI=1S/C36H53NO2/c1-23(2)37-22-36-17-7-8-30(36)29-13-14-31-33(4)18-15-27(25-9-11-26(12-10-25)32(38)39)24(3)28(33)16-19-35(31,6)34(29,5)20-21-36/h9-12,15,23-24,28-31,37H,7-8,13-14,16-22H2,1-6H3,(H,38,39)/t24?,28?,29?,30?,31?,33?,34-,35?,36?/m1/s1. The van der Waals surface area contributed by atoms with Crippen LogP contribution in [0.15, 0.2) is 30.3 Å². The summed E-state index contributed by atoms with van der Waals surface area (Å²) in [6.45, 7) is 16.5. The molecule has 5 aliphatic rings. The topological polar surface area (TPSA) is 49.3 Å². The van der Waals surface area contributed by atoms with Crippen molar-refractivity contribution in [3.05, 3.63) is 41.5 Å². The molecule has 39 heavy (non-hydrogen) atoms. The highest BCUT2D eigenvalue weighted by Crippen LogP contribution is 2.76. The summed E-state index contributed by atoms with van der Waals surface area (Å²) >= 11 is 0. The first-order valence-electron chi connectivity index (χ1n) is 16.2. The summed E-state index contributed by atoms with van der Waals surface area (Å²) in [4.78, 5) is 11.4. The first-order valence-corrected chi connectivity index (χ1v) is 16.2. The van der Waals surface area contributed by atoms with E-state index in [1.54, 1.807) is 12.1 Å². The molecule has 0 aromatic heterocycles. The zero-order valence-corrected chi connectivity index (χ0v) is 25.5. The quantitative estimate of drug-likeness (QED) is 0.399. The van der Waals surface area contributed by atoms with Crippen molar-refractivity contribution in [2.24, 2.45) is 51.2 Å². The number of nitrogens with one attached hydrogen (secondary N) is 1. The van der Waals surface area contributed by atoms with Crippen molar-refractivity contribution in [3.8, 4) is 0 Å². The van der Waals surface area contributed by atoms with Crippen molar-refractivity contribution in [1.29, 1.82) is 0 Å². The van der Waals surface area contributed by atoms with E-state index >= 15 is 0 Å². The second-order valence-electron chi connectivity index (χ2n) is 15.7. The molecule has 214 valence electrons. The monoisotopic (exact) mass is 531 g/mol. The van der Waals surface area contributed by atoms with Crippen LogP contribution in [0.1, 0.15) is 122 Å². The summed E-state index contributed by atoms with van der Waals surface area (Å²) in [5.74, 6) is 2.98. The molecule has 1 aromatic carbocycles. The third-order valence-electron chi connectivity index (χ3n) is 14.1. The summed E-state index contributed by atoms with van der Waals surface area (Å²) in [6, 6.07) is 8.22. The van der Waals surface area contributed by atoms with Gasteiger partial charge in [-0.05, 0) is 132 Å². The van der Waals surface area contributed by atoms with Gasteiger partial charge in [0.2, 0.25) is 0 Å². The number of rotatable bonds is 5. The maximum absolute atomic E-state index is 11.4. The van der Waals surface area contributed by atoms with Crippen LogP contribution in [0.2, 0.25) is 0 Å². The number of carbonyl (C=O) groups is 1. The maximum Gasteiger partial charge on any atom is 0.335 e. The molecule has 4 fully saturated rings. The van der Waals surface area contributed by atoms with E-state index in [4.69, 9.17) is 0 Å². The first kappa shape index (κ1) is 27.6. The average molecular weight is 532 g/mol. The first-order chi connectivity index (χ1) is 18.5. The number of carboxylic acid groups (broad SMARTS) is 1. The van der Waals surface area contributed by atoms with Crippen LogP contribution in [-0.4, -0.2) is 23.7 Å². The lowest BCUT2D eigenvalue weighted by atomic mass is 9.33. The molecule has 8 unspecified atom stereocenters. The molecule has 0 bridgehead atoms. The summed E-state index contributed by atoms with van der Waals surface area (Å²) in [6.07, 6.45) is 16.5. The summed E-state index contributed by atoms with van der Waals surface area (Å²) < 4.78 is 0. The summed E-state index contributed by atoms with van der Waals surface area (Å²) in [5.41, 5.74) is 4.84. The third kappa shape index (κ3) is 3.95. The Labute approximate surface area is 237 Å². The van der Waals surface area contributed by atoms with Crippen LogP contribution in [0.4, 0.5) is 0 Å². The summed E-state index contributed by atoms with van der Waals surface area (Å²) in [5, 5.41) is 13.2. The summed E-state index contributed by atoms with van der Waals surface area (Å²) in [7, 11) is 0. The highest BCUT2D eigenvalue weighted by molar-refractivity contribution is 5.88. The molecule has 0 heterocycles. The largest absolute Gasteiger partial charge is 0.478 e. The normalized spacial score (nSPS) is 45.1. The number of hydrogen-bond acceptors (Lipinski definition) is 2. The van der Waals surface area contributed by atoms with Crippen molar-refractivity contribution in [2.45, 2.75) is 112 Å². The van der Waals surface area contributed by atoms with E-state index in [1.807, 2.05) is 12.1 Å². The average Bonchev–Trinajstić information content (AvgIpc) is 3.32. The molecule has 0 amide bonds. The van der Waals surface area contributed by atoms with E-state index in [2.05, 4.69) is 52.9 Å². The maximum atomic E-state index is 11.4. The molecule has 2 N–H and O–H groups in total. The number of carboxylic acids is 1. The molecule has 1 aromatic rings. The Morgan fingerprint density at radius 1 is 0.923 bits per heavy atom. The lowest BCUT2D eigenvalue weighted by Gasteiger charge is -2.71. The molecule has 3 heteroatoms. The highest BCUT2D eigenvalue weighted by Gasteiger charge is 2.68. The Hall–Kier alpha value is -1.61. The van der Waals surface area contributed by atoms with E-state index < -0.39 is 5.97 Å². The van der Waals surface area contributed by atoms with Gasteiger partial charge in [0, 0.05) is 12.6 Å². The van der Waals surface area contributed by atoms with E-state index in [1.165, 1.54) is 81.9 Å². The molecule has 6 rings (SSSR count). The number of hydrogen-bond donors (Lipinski definition) is 2. The van der Waals surface area contributed by atoms with E-state index in [0.29, 0.717) is 45.1 Å². The lowest BCUT2D eigenvalue weighted by molar-refractivity contribution is -0.217. The van der Waals surface area contributed by atoms with Crippen LogP contribution < -0.4 is 5.32 Å². The molecular formula is C36H53NO2.